The number of aromatic nitrogens is 2. The van der Waals surface area contributed by atoms with Crippen molar-refractivity contribution in [3.63, 3.8) is 0 Å². The van der Waals surface area contributed by atoms with Gasteiger partial charge >= 0.3 is 5.97 Å². The van der Waals surface area contributed by atoms with E-state index in [1.165, 1.54) is 6.07 Å². The van der Waals surface area contributed by atoms with Crippen LogP contribution in [0.5, 0.6) is 0 Å². The Morgan fingerprint density at radius 1 is 1.24 bits per heavy atom. The topological polar surface area (TPSA) is 117 Å². The van der Waals surface area contributed by atoms with Gasteiger partial charge in [0.05, 0.1) is 23.2 Å². The first kappa shape index (κ1) is 23.3. The van der Waals surface area contributed by atoms with Gasteiger partial charge in [0.1, 0.15) is 5.69 Å². The number of aliphatic hydroxyl groups is 1. The molecule has 0 spiro atoms. The van der Waals surface area contributed by atoms with Crippen molar-refractivity contribution in [2.45, 2.75) is 58.7 Å². The van der Waals surface area contributed by atoms with E-state index >= 15 is 0 Å². The summed E-state index contributed by atoms with van der Waals surface area (Å²) in [6.07, 6.45) is 1.85. The van der Waals surface area contributed by atoms with Crippen molar-refractivity contribution in [3.05, 3.63) is 28.8 Å². The average molecular weight is 476 g/mol. The molecule has 0 saturated carbocycles. The molecule has 3 heterocycles. The van der Waals surface area contributed by atoms with Crippen LogP contribution in [0.3, 0.4) is 0 Å². The van der Waals surface area contributed by atoms with Crippen molar-refractivity contribution in [1.82, 2.24) is 15.5 Å². The summed E-state index contributed by atoms with van der Waals surface area (Å²) in [5.41, 5.74) is 4.86. The third-order valence-corrected chi connectivity index (χ3v) is 6.19. The Labute approximate surface area is 198 Å². The number of hydrogen-bond acceptors (Lipinski definition) is 9. The van der Waals surface area contributed by atoms with Gasteiger partial charge in [0.25, 0.3) is 0 Å². The van der Waals surface area contributed by atoms with E-state index in [1.54, 1.807) is 12.1 Å². The lowest BCUT2D eigenvalue weighted by Gasteiger charge is -2.27. The minimum absolute atomic E-state index is 0.0248. The van der Waals surface area contributed by atoms with Gasteiger partial charge in [0, 0.05) is 24.3 Å². The number of hydrazine groups is 2. The smallest absolute Gasteiger partial charge is 0.337 e. The maximum Gasteiger partial charge on any atom is 0.337 e. The third-order valence-electron chi connectivity index (χ3n) is 5.88. The van der Waals surface area contributed by atoms with Gasteiger partial charge < -0.3 is 20.4 Å². The minimum atomic E-state index is -1.08. The highest BCUT2D eigenvalue weighted by molar-refractivity contribution is 6.33. The van der Waals surface area contributed by atoms with E-state index in [2.05, 4.69) is 38.5 Å². The van der Waals surface area contributed by atoms with Crippen molar-refractivity contribution in [1.29, 1.82) is 0 Å². The molecule has 2 aliphatic rings. The predicted molar refractivity (Wildman–Crippen MR) is 130 cm³/mol. The van der Waals surface area contributed by atoms with Crippen molar-refractivity contribution in [2.75, 3.05) is 33.4 Å². The van der Waals surface area contributed by atoms with Gasteiger partial charge in [-0.1, -0.05) is 11.6 Å². The molecule has 2 aromatic rings. The van der Waals surface area contributed by atoms with E-state index < -0.39 is 5.97 Å². The lowest BCUT2D eigenvalue weighted by molar-refractivity contribution is 0.0697. The Morgan fingerprint density at radius 2 is 1.97 bits per heavy atom. The van der Waals surface area contributed by atoms with Crippen LogP contribution in [0.2, 0.25) is 5.02 Å². The molecule has 0 bridgehead atoms. The van der Waals surface area contributed by atoms with E-state index in [1.807, 2.05) is 14.9 Å². The number of carboxylic acid groups (broad SMARTS) is 1. The lowest BCUT2D eigenvalue weighted by atomic mass is 10.2. The van der Waals surface area contributed by atoms with Crippen LogP contribution in [0.1, 0.15) is 50.9 Å². The number of aliphatic hydroxyl groups excluding tert-OH is 1. The summed E-state index contributed by atoms with van der Waals surface area (Å²) < 4.78 is 0. The molecule has 178 valence electrons. The van der Waals surface area contributed by atoms with E-state index in [-0.39, 0.29) is 35.3 Å². The zero-order valence-electron chi connectivity index (χ0n) is 19.2. The van der Waals surface area contributed by atoms with Crippen LogP contribution in [0.4, 0.5) is 29.0 Å². The molecule has 10 nitrogen and oxygen atoms in total. The van der Waals surface area contributed by atoms with Gasteiger partial charge in [0.15, 0.2) is 11.6 Å². The number of carboxylic acids is 1. The number of anilines is 5. The fourth-order valence-corrected chi connectivity index (χ4v) is 4.44. The molecule has 1 aromatic carbocycles. The van der Waals surface area contributed by atoms with Crippen LogP contribution in [-0.4, -0.2) is 57.4 Å². The maximum atomic E-state index is 11.3. The van der Waals surface area contributed by atoms with Gasteiger partial charge in [-0.2, -0.15) is 9.97 Å². The third kappa shape index (κ3) is 4.38. The second-order valence-corrected chi connectivity index (χ2v) is 9.28. The standard InChI is InChI=1S/C22H30ClN7O3/c1-12(2)29-18-19(24-14-7-8-16(21(32)33)17(23)10-14)25-22(28-9-5-6-15(28)11-31)26-20(18)30(27-29)13(3)4/h7-8,10,12-13,15,27,31H,5-6,9,11H2,1-4H3,(H,32,33)(H,24,25,26)/t15-/m1/s1. The fraction of sp³-hybridized carbons (Fsp3) is 0.500. The van der Waals surface area contributed by atoms with E-state index in [4.69, 9.17) is 21.6 Å². The number of carbonyl (C=O) groups is 1. The molecule has 0 amide bonds. The minimum Gasteiger partial charge on any atom is -0.478 e. The van der Waals surface area contributed by atoms with Crippen molar-refractivity contribution < 1.29 is 15.0 Å². The zero-order chi connectivity index (χ0) is 23.9. The molecule has 4 N–H and O–H groups in total. The van der Waals surface area contributed by atoms with Crippen LogP contribution in [-0.2, 0) is 0 Å². The van der Waals surface area contributed by atoms with Crippen LogP contribution in [0, 0.1) is 0 Å². The molecule has 11 heteroatoms. The highest BCUT2D eigenvalue weighted by Crippen LogP contribution is 2.42. The first-order chi connectivity index (χ1) is 15.7. The lowest BCUT2D eigenvalue weighted by Crippen LogP contribution is -2.50. The molecule has 1 aromatic heterocycles. The Kier molecular flexibility index (Phi) is 6.51. The average Bonchev–Trinajstić information content (AvgIpc) is 3.38. The van der Waals surface area contributed by atoms with Crippen molar-refractivity contribution in [2.24, 2.45) is 0 Å². The number of halogens is 1. The Bertz CT molecular complexity index is 1050. The summed E-state index contributed by atoms with van der Waals surface area (Å²) >= 11 is 6.20. The first-order valence-corrected chi connectivity index (χ1v) is 11.5. The summed E-state index contributed by atoms with van der Waals surface area (Å²) in [5.74, 6) is 0.771. The van der Waals surface area contributed by atoms with Crippen molar-refractivity contribution in [3.8, 4) is 0 Å². The molecule has 4 rings (SSSR count). The summed E-state index contributed by atoms with van der Waals surface area (Å²) in [6, 6.07) is 4.92. The molecule has 1 atom stereocenters. The number of nitrogens with zero attached hydrogens (tertiary/aromatic N) is 5. The molecule has 2 aliphatic heterocycles. The van der Waals surface area contributed by atoms with Crippen LogP contribution in [0.25, 0.3) is 0 Å². The first-order valence-electron chi connectivity index (χ1n) is 11.2. The number of aromatic carboxylic acids is 1. The maximum absolute atomic E-state index is 11.3. The van der Waals surface area contributed by atoms with E-state index in [0.29, 0.717) is 17.5 Å². The highest BCUT2D eigenvalue weighted by atomic mass is 35.5. The van der Waals surface area contributed by atoms with Gasteiger partial charge in [-0.3, -0.25) is 10.0 Å². The van der Waals surface area contributed by atoms with Gasteiger partial charge in [-0.05, 0) is 58.7 Å². The predicted octanol–water partition coefficient (Wildman–Crippen LogP) is 3.40. The zero-order valence-corrected chi connectivity index (χ0v) is 20.0. The van der Waals surface area contributed by atoms with Gasteiger partial charge in [-0.25, -0.2) is 4.79 Å². The number of hydrogen-bond donors (Lipinski definition) is 4. The second-order valence-electron chi connectivity index (χ2n) is 8.87. The van der Waals surface area contributed by atoms with Crippen LogP contribution < -0.4 is 25.8 Å². The van der Waals surface area contributed by atoms with Crippen LogP contribution >= 0.6 is 11.6 Å². The summed E-state index contributed by atoms with van der Waals surface area (Å²) in [6.45, 7) is 9.10. The molecular weight excluding hydrogens is 446 g/mol. The molecule has 1 saturated heterocycles. The molecule has 33 heavy (non-hydrogen) atoms. The SMILES string of the molecule is CC(C)N1NN(C(C)C)c2c(Nc3ccc(C(=O)O)c(Cl)c3)nc(N3CCC[C@@H]3CO)nc21. The van der Waals surface area contributed by atoms with Crippen molar-refractivity contribution >= 4 is 46.5 Å². The number of rotatable bonds is 7. The summed E-state index contributed by atoms with van der Waals surface area (Å²) in [7, 11) is 0. The summed E-state index contributed by atoms with van der Waals surface area (Å²) in [5, 5.41) is 26.6. The Balaban J connectivity index is 1.83. The number of fused-ring (bicyclic) bond motifs is 1. The Morgan fingerprint density at radius 3 is 2.58 bits per heavy atom. The number of nitrogens with one attached hydrogen (secondary N) is 2. The fourth-order valence-electron chi connectivity index (χ4n) is 4.18. The molecule has 0 aliphatic carbocycles. The van der Waals surface area contributed by atoms with Gasteiger partial charge in [-0.15, -0.1) is 5.53 Å². The monoisotopic (exact) mass is 475 g/mol. The molecular formula is C22H30ClN7O3. The highest BCUT2D eigenvalue weighted by Gasteiger charge is 2.37. The van der Waals surface area contributed by atoms with E-state index in [9.17, 15) is 15.0 Å². The van der Waals surface area contributed by atoms with Gasteiger partial charge in [0.2, 0.25) is 5.95 Å². The summed E-state index contributed by atoms with van der Waals surface area (Å²) in [4.78, 5) is 23.2. The Hall–Kier alpha value is -2.82. The van der Waals surface area contributed by atoms with Crippen LogP contribution in [0.15, 0.2) is 18.2 Å². The normalized spacial score (nSPS) is 17.9. The molecule has 1 fully saturated rings. The molecule has 0 unspecified atom stereocenters. The van der Waals surface area contributed by atoms with E-state index in [0.717, 1.165) is 30.9 Å². The largest absolute Gasteiger partial charge is 0.478 e. The molecule has 0 radical (unpaired) electrons. The second kappa shape index (κ2) is 9.20. The number of benzene rings is 1. The quantitative estimate of drug-likeness (QED) is 0.474.